The van der Waals surface area contributed by atoms with Crippen LogP contribution in [-0.2, 0) is 23.8 Å². The number of hydrogen-bond acceptors (Lipinski definition) is 5. The first-order chi connectivity index (χ1) is 14.8. The fraction of sp³-hybridized carbons (Fsp3) is 0.273. The number of aromatic nitrogens is 1. The number of benzene rings is 2. The zero-order chi connectivity index (χ0) is 22.0. The van der Waals surface area contributed by atoms with Gasteiger partial charge in [-0.3, -0.25) is 4.79 Å². The predicted molar refractivity (Wildman–Crippen MR) is 116 cm³/mol. The molecule has 0 radical (unpaired) electrons. The van der Waals surface area contributed by atoms with E-state index in [2.05, 4.69) is 21.7 Å². The molecule has 5 nitrogen and oxygen atoms in total. The van der Waals surface area contributed by atoms with Gasteiger partial charge in [0.05, 0.1) is 10.4 Å². The molecule has 2 aromatic carbocycles. The highest BCUT2D eigenvalue weighted by Crippen LogP contribution is 2.33. The van der Waals surface area contributed by atoms with Crippen molar-refractivity contribution >= 4 is 28.1 Å². The van der Waals surface area contributed by atoms with E-state index in [0.29, 0.717) is 19.4 Å². The molecule has 4 N–H and O–H groups in total. The minimum absolute atomic E-state index is 0.0390. The summed E-state index contributed by atoms with van der Waals surface area (Å²) in [5.41, 5.74) is 9.23. The summed E-state index contributed by atoms with van der Waals surface area (Å²) >= 11 is 1.50. The highest BCUT2D eigenvalue weighted by molar-refractivity contribution is 7.18. The number of nitrogens with zero attached hydrogens (tertiary/aromatic N) is 1. The Labute approximate surface area is 181 Å². The van der Waals surface area contributed by atoms with Gasteiger partial charge in [0.15, 0.2) is 5.13 Å². The van der Waals surface area contributed by atoms with E-state index in [4.69, 9.17) is 5.73 Å². The van der Waals surface area contributed by atoms with E-state index < -0.39 is 11.7 Å². The first kappa shape index (κ1) is 21.3. The summed E-state index contributed by atoms with van der Waals surface area (Å²) in [6, 6.07) is 10.7. The smallest absolute Gasteiger partial charge is 0.360 e. The molecule has 0 spiro atoms. The number of nitrogens with two attached hydrogens (primary N) is 1. The summed E-state index contributed by atoms with van der Waals surface area (Å²) in [6.07, 6.45) is -0.880. The van der Waals surface area contributed by atoms with Crippen LogP contribution in [0.25, 0.3) is 10.4 Å². The molecular formula is C22H21F3N4OS. The van der Waals surface area contributed by atoms with Crippen LogP contribution in [0.5, 0.6) is 0 Å². The Morgan fingerprint density at radius 2 is 1.94 bits per heavy atom. The van der Waals surface area contributed by atoms with E-state index in [1.54, 1.807) is 6.20 Å². The Balaban J connectivity index is 1.33. The van der Waals surface area contributed by atoms with Crippen molar-refractivity contribution < 1.29 is 18.0 Å². The van der Waals surface area contributed by atoms with E-state index in [-0.39, 0.29) is 11.9 Å². The van der Waals surface area contributed by atoms with Crippen molar-refractivity contribution in [3.05, 3.63) is 65.4 Å². The molecule has 1 atom stereocenters. The minimum Gasteiger partial charge on any atom is -0.360 e. The molecule has 31 heavy (non-hydrogen) atoms. The van der Waals surface area contributed by atoms with Crippen molar-refractivity contribution in [2.75, 3.05) is 17.2 Å². The number of carbonyl (C=O) groups excluding carboxylic acids is 1. The number of halogens is 3. The second-order valence-electron chi connectivity index (χ2n) is 7.49. The van der Waals surface area contributed by atoms with Gasteiger partial charge in [-0.05, 0) is 53.8 Å². The maximum Gasteiger partial charge on any atom is 0.416 e. The molecular weight excluding hydrogens is 425 g/mol. The molecule has 1 aliphatic heterocycles. The fourth-order valence-corrected chi connectivity index (χ4v) is 4.27. The lowest BCUT2D eigenvalue weighted by Gasteiger charge is -2.17. The van der Waals surface area contributed by atoms with Gasteiger partial charge in [-0.1, -0.05) is 29.5 Å². The Bertz CT molecular complexity index is 1080. The van der Waals surface area contributed by atoms with Crippen molar-refractivity contribution in [1.29, 1.82) is 0 Å². The Kier molecular flexibility index (Phi) is 5.97. The van der Waals surface area contributed by atoms with Crippen molar-refractivity contribution in [3.8, 4) is 10.4 Å². The van der Waals surface area contributed by atoms with Gasteiger partial charge in [-0.15, -0.1) is 0 Å². The van der Waals surface area contributed by atoms with Crippen LogP contribution in [0.1, 0.15) is 23.1 Å². The van der Waals surface area contributed by atoms with Gasteiger partial charge in [-0.25, -0.2) is 4.98 Å². The van der Waals surface area contributed by atoms with Crippen molar-refractivity contribution in [1.82, 2.24) is 4.98 Å². The van der Waals surface area contributed by atoms with Gasteiger partial charge in [0.1, 0.15) is 0 Å². The maximum atomic E-state index is 12.7. The highest BCUT2D eigenvalue weighted by atomic mass is 32.1. The summed E-state index contributed by atoms with van der Waals surface area (Å²) in [7, 11) is 0. The number of rotatable bonds is 6. The van der Waals surface area contributed by atoms with Crippen LogP contribution >= 0.6 is 11.3 Å². The molecule has 1 aromatic heterocycles. The molecule has 1 unspecified atom stereocenters. The lowest BCUT2D eigenvalue weighted by atomic mass is 10.00. The molecule has 0 bridgehead atoms. The molecule has 9 heteroatoms. The lowest BCUT2D eigenvalue weighted by Crippen LogP contribution is -2.31. The number of alkyl halides is 3. The van der Waals surface area contributed by atoms with E-state index in [1.165, 1.54) is 23.5 Å². The molecule has 162 valence electrons. The second kappa shape index (κ2) is 8.68. The quantitative estimate of drug-likeness (QED) is 0.513. The largest absolute Gasteiger partial charge is 0.416 e. The number of hydrogen-bond donors (Lipinski definition) is 3. The summed E-state index contributed by atoms with van der Waals surface area (Å²) in [5.74, 6) is 0.0390. The van der Waals surface area contributed by atoms with Crippen LogP contribution in [0.15, 0.2) is 48.7 Å². The summed E-state index contributed by atoms with van der Waals surface area (Å²) in [5, 5.41) is 6.80. The van der Waals surface area contributed by atoms with Crippen molar-refractivity contribution in [2.45, 2.75) is 31.5 Å². The second-order valence-corrected chi connectivity index (χ2v) is 8.52. The molecule has 0 aliphatic carbocycles. The number of carbonyl (C=O) groups is 1. The fourth-order valence-electron chi connectivity index (χ4n) is 3.45. The van der Waals surface area contributed by atoms with Gasteiger partial charge >= 0.3 is 6.18 Å². The Morgan fingerprint density at radius 3 is 2.68 bits per heavy atom. The topological polar surface area (TPSA) is 80.0 Å². The zero-order valence-corrected chi connectivity index (χ0v) is 17.3. The molecule has 1 aliphatic rings. The van der Waals surface area contributed by atoms with Crippen LogP contribution in [0.2, 0.25) is 0 Å². The lowest BCUT2D eigenvalue weighted by molar-refractivity contribution is -0.137. The average molecular weight is 446 g/mol. The molecule has 1 amide bonds. The monoisotopic (exact) mass is 446 g/mol. The third kappa shape index (κ3) is 5.23. The van der Waals surface area contributed by atoms with E-state index in [9.17, 15) is 18.0 Å². The number of thiazole rings is 1. The normalized spacial score (nSPS) is 14.6. The maximum absolute atomic E-state index is 12.7. The molecule has 3 aromatic rings. The van der Waals surface area contributed by atoms with Gasteiger partial charge in [0, 0.05) is 30.9 Å². The van der Waals surface area contributed by atoms with E-state index in [0.717, 1.165) is 50.9 Å². The SMILES string of the molecule is NC(CNc1ncc(-c2ccc3c(c2)CCC(=O)N3)s1)Cc1ccc(C(F)(F)F)cc1. The molecule has 0 fully saturated rings. The first-order valence-electron chi connectivity index (χ1n) is 9.82. The zero-order valence-electron chi connectivity index (χ0n) is 16.5. The van der Waals surface area contributed by atoms with Crippen molar-refractivity contribution in [2.24, 2.45) is 5.73 Å². The van der Waals surface area contributed by atoms with Crippen LogP contribution < -0.4 is 16.4 Å². The minimum atomic E-state index is -4.34. The highest BCUT2D eigenvalue weighted by Gasteiger charge is 2.29. The number of aryl methyl sites for hydroxylation is 1. The van der Waals surface area contributed by atoms with Gasteiger partial charge in [0.25, 0.3) is 0 Å². The molecule has 2 heterocycles. The van der Waals surface area contributed by atoms with Gasteiger partial charge in [-0.2, -0.15) is 13.2 Å². The van der Waals surface area contributed by atoms with Gasteiger partial charge in [0.2, 0.25) is 5.91 Å². The van der Waals surface area contributed by atoms with Crippen LogP contribution in [0.4, 0.5) is 24.0 Å². The van der Waals surface area contributed by atoms with Crippen molar-refractivity contribution in [3.63, 3.8) is 0 Å². The van der Waals surface area contributed by atoms with E-state index >= 15 is 0 Å². The van der Waals surface area contributed by atoms with E-state index in [1.807, 2.05) is 12.1 Å². The van der Waals surface area contributed by atoms with Crippen LogP contribution in [0, 0.1) is 0 Å². The third-order valence-electron chi connectivity index (χ3n) is 5.09. The number of amides is 1. The third-order valence-corrected chi connectivity index (χ3v) is 6.09. The molecule has 0 saturated heterocycles. The van der Waals surface area contributed by atoms with Crippen LogP contribution in [0.3, 0.4) is 0 Å². The number of fused-ring (bicyclic) bond motifs is 1. The Hall–Kier alpha value is -2.91. The summed E-state index contributed by atoms with van der Waals surface area (Å²) < 4.78 is 38.0. The number of nitrogens with one attached hydrogen (secondary N) is 2. The standard InChI is InChI=1S/C22H21F3N4OS/c23-22(24,25)16-5-1-13(2-6-16)9-17(26)11-27-21-28-12-19(31-21)15-3-7-18-14(10-15)4-8-20(30)29-18/h1-3,5-7,10,12,17H,4,8-9,11,26H2,(H,27,28)(H,29,30). The first-order valence-corrected chi connectivity index (χ1v) is 10.6. The molecule has 0 saturated carbocycles. The number of anilines is 2. The molecule has 4 rings (SSSR count). The average Bonchev–Trinajstić information content (AvgIpc) is 3.21. The summed E-state index contributed by atoms with van der Waals surface area (Å²) in [4.78, 5) is 16.9. The van der Waals surface area contributed by atoms with Crippen LogP contribution in [-0.4, -0.2) is 23.5 Å². The Morgan fingerprint density at radius 1 is 1.16 bits per heavy atom. The summed E-state index contributed by atoms with van der Waals surface area (Å²) in [6.45, 7) is 0.449. The predicted octanol–water partition coefficient (Wildman–Crippen LogP) is 4.70. The van der Waals surface area contributed by atoms with Gasteiger partial charge < -0.3 is 16.4 Å².